The molecule has 25 heavy (non-hydrogen) atoms. The molecule has 0 aliphatic heterocycles. The highest BCUT2D eigenvalue weighted by Gasteiger charge is 2.11. The number of anilines is 1. The largest absolute Gasteiger partial charge is 0.361 e. The molecule has 1 amide bonds. The Balaban J connectivity index is 1.48. The average Bonchev–Trinajstić information content (AvgIpc) is 3.17. The minimum Gasteiger partial charge on any atom is -0.361 e. The van der Waals surface area contributed by atoms with Crippen LogP contribution in [0.25, 0.3) is 0 Å². The number of hydrogen-bond acceptors (Lipinski definition) is 4. The third kappa shape index (κ3) is 4.56. The highest BCUT2D eigenvalue weighted by atomic mass is 16.5. The fraction of sp³-hybridized carbons (Fsp3) is 0.316. The first kappa shape index (κ1) is 17.0. The summed E-state index contributed by atoms with van der Waals surface area (Å²) in [5.74, 6) is 0.798. The van der Waals surface area contributed by atoms with E-state index in [1.807, 2.05) is 38.2 Å². The van der Waals surface area contributed by atoms with Crippen LogP contribution in [0.3, 0.4) is 0 Å². The topological polar surface area (TPSA) is 73.0 Å². The lowest BCUT2D eigenvalue weighted by molar-refractivity contribution is -0.116. The fourth-order valence-electron chi connectivity index (χ4n) is 2.73. The molecule has 3 rings (SSSR count). The van der Waals surface area contributed by atoms with E-state index in [1.165, 1.54) is 5.56 Å². The molecule has 0 atom stereocenters. The molecule has 0 spiro atoms. The molecule has 6 heteroatoms. The quantitative estimate of drug-likeness (QED) is 0.715. The van der Waals surface area contributed by atoms with E-state index >= 15 is 0 Å². The van der Waals surface area contributed by atoms with E-state index in [0.717, 1.165) is 29.9 Å². The Morgan fingerprint density at radius 1 is 1.24 bits per heavy atom. The van der Waals surface area contributed by atoms with Gasteiger partial charge in [0.15, 0.2) is 0 Å². The number of nitrogens with one attached hydrogen (secondary N) is 1. The molecule has 130 valence electrons. The SMILES string of the molecule is Cc1noc(C)c1Cn1cc(NC(=O)CCCc2ccccc2)cn1. The molecule has 0 saturated carbocycles. The second kappa shape index (κ2) is 7.79. The zero-order chi connectivity index (χ0) is 17.6. The summed E-state index contributed by atoms with van der Waals surface area (Å²) in [6.07, 6.45) is 5.70. The van der Waals surface area contributed by atoms with Crippen molar-refractivity contribution < 1.29 is 9.32 Å². The van der Waals surface area contributed by atoms with Gasteiger partial charge < -0.3 is 9.84 Å². The zero-order valence-corrected chi connectivity index (χ0v) is 14.5. The van der Waals surface area contributed by atoms with Crippen LogP contribution in [0.15, 0.2) is 47.2 Å². The number of aromatic nitrogens is 3. The molecule has 0 saturated heterocycles. The summed E-state index contributed by atoms with van der Waals surface area (Å²) in [6.45, 7) is 4.37. The second-order valence-corrected chi connectivity index (χ2v) is 6.12. The molecule has 1 N–H and O–H groups in total. The van der Waals surface area contributed by atoms with Crippen molar-refractivity contribution in [1.29, 1.82) is 0 Å². The summed E-state index contributed by atoms with van der Waals surface area (Å²) in [4.78, 5) is 12.1. The normalized spacial score (nSPS) is 10.8. The predicted molar refractivity (Wildman–Crippen MR) is 95.3 cm³/mol. The Kier molecular flexibility index (Phi) is 5.28. The Morgan fingerprint density at radius 2 is 2.04 bits per heavy atom. The third-order valence-corrected chi connectivity index (χ3v) is 4.13. The highest BCUT2D eigenvalue weighted by molar-refractivity contribution is 5.90. The van der Waals surface area contributed by atoms with Gasteiger partial charge in [0.05, 0.1) is 24.1 Å². The number of hydrogen-bond donors (Lipinski definition) is 1. The van der Waals surface area contributed by atoms with Crippen molar-refractivity contribution >= 4 is 11.6 Å². The van der Waals surface area contributed by atoms with Gasteiger partial charge >= 0.3 is 0 Å². The minimum absolute atomic E-state index is 0.00724. The number of aryl methyl sites for hydroxylation is 3. The van der Waals surface area contributed by atoms with Crippen molar-refractivity contribution in [3.63, 3.8) is 0 Å². The lowest BCUT2D eigenvalue weighted by Gasteiger charge is -2.03. The molecular weight excluding hydrogens is 316 g/mol. The maximum atomic E-state index is 12.1. The molecule has 1 aromatic carbocycles. The lowest BCUT2D eigenvalue weighted by atomic mass is 10.1. The minimum atomic E-state index is 0.00724. The van der Waals surface area contributed by atoms with Gasteiger partial charge in [-0.25, -0.2) is 0 Å². The van der Waals surface area contributed by atoms with Crippen molar-refractivity contribution in [2.24, 2.45) is 0 Å². The van der Waals surface area contributed by atoms with Crippen LogP contribution in [-0.4, -0.2) is 20.8 Å². The summed E-state index contributed by atoms with van der Waals surface area (Å²) in [6, 6.07) is 10.2. The first-order chi connectivity index (χ1) is 12.1. The number of amides is 1. The Labute approximate surface area is 146 Å². The third-order valence-electron chi connectivity index (χ3n) is 4.13. The summed E-state index contributed by atoms with van der Waals surface area (Å²) in [5.41, 5.74) is 3.84. The molecule has 0 bridgehead atoms. The summed E-state index contributed by atoms with van der Waals surface area (Å²) < 4.78 is 6.93. The Morgan fingerprint density at radius 3 is 2.76 bits per heavy atom. The van der Waals surface area contributed by atoms with Crippen molar-refractivity contribution in [2.75, 3.05) is 5.32 Å². The van der Waals surface area contributed by atoms with Gasteiger partial charge in [0, 0.05) is 18.2 Å². The smallest absolute Gasteiger partial charge is 0.224 e. The first-order valence-corrected chi connectivity index (χ1v) is 8.40. The molecule has 2 heterocycles. The number of carbonyl (C=O) groups is 1. The summed E-state index contributed by atoms with van der Waals surface area (Å²) in [7, 11) is 0. The molecule has 0 aliphatic carbocycles. The van der Waals surface area contributed by atoms with Crippen molar-refractivity contribution in [1.82, 2.24) is 14.9 Å². The lowest BCUT2D eigenvalue weighted by Crippen LogP contribution is -2.11. The number of nitrogens with zero attached hydrogens (tertiary/aromatic N) is 3. The molecular formula is C19H22N4O2. The molecule has 0 aliphatic rings. The maximum absolute atomic E-state index is 12.1. The van der Waals surface area contributed by atoms with Gasteiger partial charge in [-0.1, -0.05) is 35.5 Å². The van der Waals surface area contributed by atoms with Crippen molar-refractivity contribution in [3.05, 3.63) is 65.3 Å². The first-order valence-electron chi connectivity index (χ1n) is 8.40. The second-order valence-electron chi connectivity index (χ2n) is 6.12. The van der Waals surface area contributed by atoms with Crippen LogP contribution in [0.5, 0.6) is 0 Å². The van der Waals surface area contributed by atoms with Gasteiger partial charge in [-0.3, -0.25) is 9.48 Å². The summed E-state index contributed by atoms with van der Waals surface area (Å²) >= 11 is 0. The van der Waals surface area contributed by atoms with Crippen LogP contribution in [-0.2, 0) is 17.8 Å². The van der Waals surface area contributed by atoms with Crippen LogP contribution < -0.4 is 5.32 Å². The molecule has 2 aromatic heterocycles. The molecule has 0 fully saturated rings. The van der Waals surface area contributed by atoms with Gasteiger partial charge in [-0.2, -0.15) is 5.10 Å². The number of rotatable bonds is 7. The monoisotopic (exact) mass is 338 g/mol. The maximum Gasteiger partial charge on any atom is 0.224 e. The summed E-state index contributed by atoms with van der Waals surface area (Å²) in [5, 5.41) is 11.1. The fourth-order valence-corrected chi connectivity index (χ4v) is 2.73. The van der Waals surface area contributed by atoms with E-state index < -0.39 is 0 Å². The molecule has 0 radical (unpaired) electrons. The van der Waals surface area contributed by atoms with Crippen LogP contribution >= 0.6 is 0 Å². The number of benzene rings is 1. The van der Waals surface area contributed by atoms with Crippen molar-refractivity contribution in [2.45, 2.75) is 39.7 Å². The van der Waals surface area contributed by atoms with Crippen LogP contribution in [0.4, 0.5) is 5.69 Å². The Bertz CT molecular complexity index is 817. The van der Waals surface area contributed by atoms with E-state index in [1.54, 1.807) is 10.9 Å². The highest BCUT2D eigenvalue weighted by Crippen LogP contribution is 2.15. The average molecular weight is 338 g/mol. The zero-order valence-electron chi connectivity index (χ0n) is 14.5. The van der Waals surface area contributed by atoms with Gasteiger partial charge in [0.2, 0.25) is 5.91 Å². The van der Waals surface area contributed by atoms with Crippen LogP contribution in [0.1, 0.15) is 35.4 Å². The van der Waals surface area contributed by atoms with Crippen LogP contribution in [0, 0.1) is 13.8 Å². The van der Waals surface area contributed by atoms with E-state index in [0.29, 0.717) is 18.7 Å². The Hall–Kier alpha value is -2.89. The van der Waals surface area contributed by atoms with Gasteiger partial charge in [0.25, 0.3) is 0 Å². The van der Waals surface area contributed by atoms with E-state index in [2.05, 4.69) is 27.7 Å². The van der Waals surface area contributed by atoms with E-state index in [9.17, 15) is 4.79 Å². The van der Waals surface area contributed by atoms with Crippen LogP contribution in [0.2, 0.25) is 0 Å². The predicted octanol–water partition coefficient (Wildman–Crippen LogP) is 3.50. The molecule has 6 nitrogen and oxygen atoms in total. The van der Waals surface area contributed by atoms with Gasteiger partial charge in [0.1, 0.15) is 5.76 Å². The van der Waals surface area contributed by atoms with E-state index in [-0.39, 0.29) is 5.91 Å². The molecule has 0 unspecified atom stereocenters. The van der Waals surface area contributed by atoms with Crippen molar-refractivity contribution in [3.8, 4) is 0 Å². The van der Waals surface area contributed by atoms with Gasteiger partial charge in [-0.15, -0.1) is 0 Å². The molecule has 3 aromatic rings. The standard InChI is InChI=1S/C19H22N4O2/c1-14-18(15(2)25-22-14)13-23-12-17(11-20-23)21-19(24)10-6-9-16-7-4-3-5-8-16/h3-5,7-8,11-12H,6,9-10,13H2,1-2H3,(H,21,24). The van der Waals surface area contributed by atoms with E-state index in [4.69, 9.17) is 4.52 Å². The number of carbonyl (C=O) groups excluding carboxylic acids is 1. The van der Waals surface area contributed by atoms with Gasteiger partial charge in [-0.05, 0) is 32.3 Å².